The summed E-state index contributed by atoms with van der Waals surface area (Å²) >= 11 is 0. The lowest BCUT2D eigenvalue weighted by Gasteiger charge is -2.50. The molecule has 4 aromatic carbocycles. The quantitative estimate of drug-likeness (QED) is 0.106. The van der Waals surface area contributed by atoms with Gasteiger partial charge in [0.15, 0.2) is 23.9 Å². The van der Waals surface area contributed by atoms with Crippen molar-refractivity contribution in [3.05, 3.63) is 125 Å². The van der Waals surface area contributed by atoms with E-state index in [2.05, 4.69) is 0 Å². The second-order valence-electron chi connectivity index (χ2n) is 11.8. The van der Waals surface area contributed by atoms with Crippen LogP contribution in [0, 0.1) is 0 Å². The van der Waals surface area contributed by atoms with Crippen LogP contribution in [0.15, 0.2) is 97.1 Å². The number of alkyl halides is 3. The van der Waals surface area contributed by atoms with E-state index in [4.69, 9.17) is 37.3 Å². The average molecular weight is 729 g/mol. The van der Waals surface area contributed by atoms with E-state index in [0.29, 0.717) is 5.56 Å². The summed E-state index contributed by atoms with van der Waals surface area (Å²) in [5.41, 5.74) is -3.80. The molecule has 6 atom stereocenters. The minimum Gasteiger partial charge on any atom is -0.490 e. The van der Waals surface area contributed by atoms with Gasteiger partial charge in [0.1, 0.15) is 37.6 Å². The van der Waals surface area contributed by atoms with Gasteiger partial charge in [-0.3, -0.25) is 4.18 Å². The molecule has 2 saturated heterocycles. The zero-order chi connectivity index (χ0) is 35.8. The molecule has 0 unspecified atom stereocenters. The molecule has 3 aliphatic rings. The lowest BCUT2D eigenvalue weighted by atomic mass is 9.85. The summed E-state index contributed by atoms with van der Waals surface area (Å²) in [5, 5.41) is 0. The molecule has 7 rings (SSSR count). The van der Waals surface area contributed by atoms with Crippen molar-refractivity contribution in [2.75, 3.05) is 13.7 Å². The first kappa shape index (κ1) is 34.8. The third-order valence-corrected chi connectivity index (χ3v) is 9.62. The van der Waals surface area contributed by atoms with Crippen LogP contribution in [-0.4, -0.2) is 58.0 Å². The molecule has 15 heteroatoms. The number of benzene rings is 4. The first-order valence-corrected chi connectivity index (χ1v) is 17.2. The number of halogens is 3. The number of esters is 1. The molecule has 0 saturated carbocycles. The highest BCUT2D eigenvalue weighted by Gasteiger charge is 2.60. The Hall–Kier alpha value is -4.67. The Balaban J connectivity index is 1.32. The Kier molecular flexibility index (Phi) is 9.65. The predicted octanol–water partition coefficient (Wildman–Crippen LogP) is 6.18. The van der Waals surface area contributed by atoms with Crippen LogP contribution in [0.2, 0.25) is 0 Å². The molecule has 0 spiro atoms. The van der Waals surface area contributed by atoms with Gasteiger partial charge in [-0.15, -0.1) is 0 Å². The summed E-state index contributed by atoms with van der Waals surface area (Å²) in [6, 6.07) is 28.1. The van der Waals surface area contributed by atoms with E-state index in [1.807, 2.05) is 36.4 Å². The largest absolute Gasteiger partial charge is 0.523 e. The zero-order valence-electron chi connectivity index (χ0n) is 26.9. The Morgan fingerprint density at radius 3 is 2.02 bits per heavy atom. The summed E-state index contributed by atoms with van der Waals surface area (Å²) in [6.07, 6.45) is -8.97. The van der Waals surface area contributed by atoms with Crippen molar-refractivity contribution in [1.82, 2.24) is 0 Å². The number of carbonyl (C=O) groups is 1. The number of hydrogen-bond acceptors (Lipinski definition) is 11. The predicted molar refractivity (Wildman–Crippen MR) is 171 cm³/mol. The highest BCUT2D eigenvalue weighted by molar-refractivity contribution is 7.87. The van der Waals surface area contributed by atoms with Crippen LogP contribution in [0.4, 0.5) is 13.2 Å². The van der Waals surface area contributed by atoms with Crippen molar-refractivity contribution in [3.63, 3.8) is 0 Å². The van der Waals surface area contributed by atoms with Crippen LogP contribution in [0.1, 0.15) is 45.0 Å². The smallest absolute Gasteiger partial charge is 0.490 e. The van der Waals surface area contributed by atoms with Gasteiger partial charge in [0.05, 0.1) is 19.3 Å². The van der Waals surface area contributed by atoms with Crippen molar-refractivity contribution in [3.8, 4) is 17.2 Å². The fraction of sp³-hybridized carbons (Fsp3) is 0.306. The molecule has 2 fully saturated rings. The molecule has 0 aromatic heterocycles. The summed E-state index contributed by atoms with van der Waals surface area (Å²) in [5.74, 6) is -0.880. The second-order valence-corrected chi connectivity index (χ2v) is 13.4. The third kappa shape index (κ3) is 6.99. The summed E-state index contributed by atoms with van der Waals surface area (Å²) < 4.78 is 113. The molecule has 3 aliphatic heterocycles. The van der Waals surface area contributed by atoms with Crippen LogP contribution < -0.4 is 14.2 Å². The number of methoxy groups -OCH3 is 1. The van der Waals surface area contributed by atoms with E-state index in [1.54, 1.807) is 54.6 Å². The molecule has 0 aliphatic carbocycles. The standard InChI is InChI=1S/C36H31F3O11S/c1-43-28-25(44-18-21-11-5-2-6-12-21)17-24-27(30(28)45-19-22-13-7-3-8-14-22)31-32(48-34(24)40)33(50-51(41,42)36(37,38)39)29-26(47-31)20-46-35(49-29)23-15-9-4-10-16-23/h2-17,26,29,31-33,35H,18-20H2,1H3/t26-,29-,31+,32+,33+,35-/m1/s1. The molecule has 0 N–H and O–H groups in total. The summed E-state index contributed by atoms with van der Waals surface area (Å²) in [4.78, 5) is 13.8. The van der Waals surface area contributed by atoms with E-state index in [9.17, 15) is 26.4 Å². The van der Waals surface area contributed by atoms with Crippen LogP contribution in [0.5, 0.6) is 17.2 Å². The molecule has 11 nitrogen and oxygen atoms in total. The molecule has 268 valence electrons. The Bertz CT molecular complexity index is 1960. The summed E-state index contributed by atoms with van der Waals surface area (Å²) in [6.45, 7) is -0.187. The molecule has 0 radical (unpaired) electrons. The van der Waals surface area contributed by atoms with Crippen molar-refractivity contribution >= 4 is 16.1 Å². The average Bonchev–Trinajstić information content (AvgIpc) is 3.13. The number of ether oxygens (including phenoxy) is 7. The molecular formula is C36H31F3O11S. The number of carbonyl (C=O) groups excluding carboxylic acids is 1. The van der Waals surface area contributed by atoms with Gasteiger partial charge in [-0.25, -0.2) is 4.79 Å². The van der Waals surface area contributed by atoms with Gasteiger partial charge in [-0.2, -0.15) is 21.6 Å². The SMILES string of the molecule is COc1c(OCc2ccccc2)cc2c(c1OCc1ccccc1)[C@@H]1O[C@@H]3CO[C@@H](c4ccccc4)O[C@H]3[C@H](OS(=O)(=O)C(F)(F)F)[C@H]1OC2=O. The maximum atomic E-state index is 13.8. The lowest BCUT2D eigenvalue weighted by Crippen LogP contribution is -2.62. The van der Waals surface area contributed by atoms with Crippen molar-refractivity contribution in [2.45, 2.75) is 55.5 Å². The molecule has 3 heterocycles. The van der Waals surface area contributed by atoms with Crippen LogP contribution in [0.25, 0.3) is 0 Å². The molecule has 51 heavy (non-hydrogen) atoms. The monoisotopic (exact) mass is 728 g/mol. The van der Waals surface area contributed by atoms with Crippen LogP contribution in [0.3, 0.4) is 0 Å². The normalized spacial score (nSPS) is 24.4. The highest BCUT2D eigenvalue weighted by Crippen LogP contribution is 2.53. The minimum atomic E-state index is -6.23. The second kappa shape index (κ2) is 14.2. The van der Waals surface area contributed by atoms with Gasteiger partial charge in [0, 0.05) is 11.1 Å². The van der Waals surface area contributed by atoms with Crippen LogP contribution in [-0.2, 0) is 46.5 Å². The number of hydrogen-bond donors (Lipinski definition) is 0. The van der Waals surface area contributed by atoms with E-state index in [-0.39, 0.29) is 48.2 Å². The first-order valence-electron chi connectivity index (χ1n) is 15.8. The fourth-order valence-electron chi connectivity index (χ4n) is 6.21. The van der Waals surface area contributed by atoms with Crippen molar-refractivity contribution < 1.29 is 63.7 Å². The maximum Gasteiger partial charge on any atom is 0.523 e. The van der Waals surface area contributed by atoms with E-state index >= 15 is 0 Å². The van der Waals surface area contributed by atoms with Gasteiger partial charge in [0.25, 0.3) is 0 Å². The van der Waals surface area contributed by atoms with Gasteiger partial charge in [0.2, 0.25) is 5.75 Å². The lowest BCUT2D eigenvalue weighted by molar-refractivity contribution is -0.327. The van der Waals surface area contributed by atoms with Gasteiger partial charge < -0.3 is 33.2 Å². The van der Waals surface area contributed by atoms with Crippen molar-refractivity contribution in [2.24, 2.45) is 0 Å². The van der Waals surface area contributed by atoms with E-state index in [0.717, 1.165) is 11.1 Å². The summed E-state index contributed by atoms with van der Waals surface area (Å²) in [7, 11) is -4.87. The molecule has 4 aromatic rings. The molecular weight excluding hydrogens is 697 g/mol. The first-order chi connectivity index (χ1) is 24.5. The number of rotatable bonds is 10. The number of fused-ring (bicyclic) bond motifs is 4. The highest BCUT2D eigenvalue weighted by atomic mass is 32.2. The minimum absolute atomic E-state index is 0.0238. The zero-order valence-corrected chi connectivity index (χ0v) is 27.7. The third-order valence-electron chi connectivity index (χ3n) is 8.57. The van der Waals surface area contributed by atoms with Gasteiger partial charge in [-0.1, -0.05) is 91.0 Å². The molecule has 0 amide bonds. The molecule has 0 bridgehead atoms. The maximum absolute atomic E-state index is 13.8. The Morgan fingerprint density at radius 2 is 1.41 bits per heavy atom. The van der Waals surface area contributed by atoms with E-state index < -0.39 is 58.4 Å². The van der Waals surface area contributed by atoms with Crippen LogP contribution >= 0.6 is 0 Å². The van der Waals surface area contributed by atoms with Gasteiger partial charge >= 0.3 is 21.6 Å². The fourth-order valence-corrected chi connectivity index (χ4v) is 6.83. The Morgan fingerprint density at radius 1 is 0.804 bits per heavy atom. The van der Waals surface area contributed by atoms with Crippen molar-refractivity contribution in [1.29, 1.82) is 0 Å². The topological polar surface area (TPSA) is 125 Å². The Labute approximate surface area is 290 Å². The van der Waals surface area contributed by atoms with Gasteiger partial charge in [-0.05, 0) is 17.2 Å². The van der Waals surface area contributed by atoms with E-state index in [1.165, 1.54) is 13.2 Å².